The van der Waals surface area contributed by atoms with Crippen molar-refractivity contribution in [2.75, 3.05) is 0 Å². The summed E-state index contributed by atoms with van der Waals surface area (Å²) in [6.45, 7) is 1.30. The minimum atomic E-state index is -5.03. The Labute approximate surface area is 153 Å². The smallest absolute Gasteiger partial charge is 0.433 e. The number of carboxylic acids is 1. The second kappa shape index (κ2) is 7.67. The molecule has 0 radical (unpaired) electrons. The maximum atomic E-state index is 12.8. The molecule has 146 valence electrons. The van der Waals surface area contributed by atoms with E-state index in [0.717, 1.165) is 0 Å². The molecule has 4 nitrogen and oxygen atoms in total. The van der Waals surface area contributed by atoms with Crippen molar-refractivity contribution in [1.82, 2.24) is 4.98 Å². The number of ether oxygens (including phenoxy) is 1. The second-order valence-electron chi connectivity index (χ2n) is 5.24. The molecule has 2 rings (SSSR count). The number of carboxylic acid groups (broad SMARTS) is 1. The lowest BCUT2D eigenvalue weighted by molar-refractivity contribution is -0.150. The van der Waals surface area contributed by atoms with Gasteiger partial charge in [-0.05, 0) is 43.3 Å². The van der Waals surface area contributed by atoms with Gasteiger partial charge in [-0.1, -0.05) is 11.8 Å². The summed E-state index contributed by atoms with van der Waals surface area (Å²) in [7, 11) is 0. The molecule has 1 N–H and O–H groups in total. The number of aromatic nitrogens is 1. The van der Waals surface area contributed by atoms with E-state index in [1.807, 2.05) is 0 Å². The third kappa shape index (κ3) is 5.78. The Hall–Kier alpha value is -2.43. The Morgan fingerprint density at radius 2 is 1.48 bits per heavy atom. The first kappa shape index (κ1) is 20.9. The van der Waals surface area contributed by atoms with Crippen LogP contribution in [-0.2, 0) is 17.1 Å². The molecule has 0 bridgehead atoms. The monoisotopic (exact) mass is 411 g/mol. The fraction of sp³-hybridized carbons (Fsp3) is 0.250. The molecule has 0 amide bonds. The van der Waals surface area contributed by atoms with Crippen molar-refractivity contribution in [3.63, 3.8) is 0 Å². The Bertz CT molecular complexity index is 788. The molecule has 11 heteroatoms. The Kier molecular flexibility index (Phi) is 5.93. The molecule has 0 aliphatic heterocycles. The van der Waals surface area contributed by atoms with Crippen molar-refractivity contribution in [1.29, 1.82) is 0 Å². The van der Waals surface area contributed by atoms with E-state index in [4.69, 9.17) is 9.84 Å². The van der Waals surface area contributed by atoms with Gasteiger partial charge >= 0.3 is 18.3 Å². The number of carbonyl (C=O) groups is 1. The van der Waals surface area contributed by atoms with Crippen LogP contribution in [0.4, 0.5) is 26.3 Å². The van der Waals surface area contributed by atoms with E-state index in [1.54, 1.807) is 0 Å². The Balaban J connectivity index is 2.27. The van der Waals surface area contributed by atoms with E-state index in [2.05, 4.69) is 4.98 Å². The highest BCUT2D eigenvalue weighted by Gasteiger charge is 2.38. The minimum absolute atomic E-state index is 0.191. The molecular weight excluding hydrogens is 400 g/mol. The quantitative estimate of drug-likeness (QED) is 0.692. The molecule has 2 aromatic rings. The molecule has 27 heavy (non-hydrogen) atoms. The third-order valence-electron chi connectivity index (χ3n) is 3.10. The van der Waals surface area contributed by atoms with Gasteiger partial charge in [0.15, 0.2) is 6.10 Å². The molecule has 1 aromatic heterocycles. The summed E-state index contributed by atoms with van der Waals surface area (Å²) in [4.78, 5) is 13.4. The predicted octanol–water partition coefficient (Wildman–Crippen LogP) is 5.12. The van der Waals surface area contributed by atoms with Crippen LogP contribution < -0.4 is 4.74 Å². The summed E-state index contributed by atoms with van der Waals surface area (Å²) in [5.74, 6) is -1.000. The van der Waals surface area contributed by atoms with Gasteiger partial charge in [0, 0.05) is 9.79 Å². The fourth-order valence-corrected chi connectivity index (χ4v) is 2.72. The van der Waals surface area contributed by atoms with E-state index in [-0.39, 0.29) is 10.6 Å². The molecule has 0 fully saturated rings. The van der Waals surface area contributed by atoms with E-state index in [1.165, 1.54) is 31.2 Å². The first-order chi connectivity index (χ1) is 12.4. The van der Waals surface area contributed by atoms with Crippen LogP contribution in [-0.4, -0.2) is 22.2 Å². The van der Waals surface area contributed by atoms with Crippen LogP contribution in [0.3, 0.4) is 0 Å². The fourth-order valence-electron chi connectivity index (χ4n) is 1.83. The molecule has 0 aliphatic rings. The van der Waals surface area contributed by atoms with Gasteiger partial charge in [-0.25, -0.2) is 9.78 Å². The Morgan fingerprint density at radius 1 is 1.00 bits per heavy atom. The van der Waals surface area contributed by atoms with Crippen molar-refractivity contribution < 1.29 is 41.0 Å². The van der Waals surface area contributed by atoms with Crippen LogP contribution in [0.15, 0.2) is 46.2 Å². The van der Waals surface area contributed by atoms with E-state index in [9.17, 15) is 31.1 Å². The summed E-state index contributed by atoms with van der Waals surface area (Å²) >= 11 is 0.670. The van der Waals surface area contributed by atoms with Crippen LogP contribution in [0.1, 0.15) is 18.3 Å². The maximum absolute atomic E-state index is 12.8. The standard InChI is InChI=1S/C16H11F6NO3S/c1-8(14(24)25)26-9-2-4-10(5-3-9)27-11-6-12(15(17,18)19)23-13(7-11)16(20,21)22/h2-8H,1H3,(H,24,25)/t8-/m0/s1. The lowest BCUT2D eigenvalue weighted by Gasteiger charge is -2.13. The highest BCUT2D eigenvalue weighted by atomic mass is 32.2. The zero-order valence-corrected chi connectivity index (χ0v) is 14.2. The largest absolute Gasteiger partial charge is 0.479 e. The van der Waals surface area contributed by atoms with Crippen molar-refractivity contribution in [2.45, 2.75) is 35.2 Å². The number of hydrogen-bond donors (Lipinski definition) is 1. The van der Waals surface area contributed by atoms with Gasteiger partial charge in [-0.15, -0.1) is 0 Å². The van der Waals surface area contributed by atoms with Gasteiger partial charge in [-0.2, -0.15) is 26.3 Å². The van der Waals surface area contributed by atoms with Gasteiger partial charge in [-0.3, -0.25) is 0 Å². The van der Waals surface area contributed by atoms with Crippen LogP contribution in [0, 0.1) is 0 Å². The zero-order chi connectivity index (χ0) is 20.4. The highest BCUT2D eigenvalue weighted by molar-refractivity contribution is 7.99. The first-order valence-corrected chi connectivity index (χ1v) is 8.02. The molecule has 0 spiro atoms. The second-order valence-corrected chi connectivity index (χ2v) is 6.39. The number of hydrogen-bond acceptors (Lipinski definition) is 4. The number of rotatable bonds is 5. The lowest BCUT2D eigenvalue weighted by atomic mass is 10.3. The SMILES string of the molecule is C[C@H](Oc1ccc(Sc2cc(C(F)(F)F)nc(C(F)(F)F)c2)cc1)C(=O)O. The molecule has 0 aliphatic carbocycles. The van der Waals surface area contributed by atoms with E-state index >= 15 is 0 Å². The van der Waals surface area contributed by atoms with Crippen molar-refractivity contribution in [3.05, 3.63) is 47.8 Å². The predicted molar refractivity (Wildman–Crippen MR) is 82.5 cm³/mol. The van der Waals surface area contributed by atoms with Crippen LogP contribution >= 0.6 is 11.8 Å². The number of pyridine rings is 1. The summed E-state index contributed by atoms with van der Waals surface area (Å²) in [6, 6.07) is 6.54. The molecule has 1 heterocycles. The summed E-state index contributed by atoms with van der Waals surface area (Å²) in [6.07, 6.45) is -11.2. The molecule has 1 atom stereocenters. The molecule has 0 saturated heterocycles. The maximum Gasteiger partial charge on any atom is 0.433 e. The van der Waals surface area contributed by atoms with Crippen LogP contribution in [0.25, 0.3) is 0 Å². The normalized spacial score (nSPS) is 13.3. The van der Waals surface area contributed by atoms with Gasteiger partial charge in [0.25, 0.3) is 0 Å². The molecule has 0 unspecified atom stereocenters. The van der Waals surface area contributed by atoms with Gasteiger partial charge < -0.3 is 9.84 Å². The molecule has 1 aromatic carbocycles. The number of nitrogens with zero attached hydrogens (tertiary/aromatic N) is 1. The molecule has 0 saturated carbocycles. The summed E-state index contributed by atoms with van der Waals surface area (Å²) in [5, 5.41) is 8.76. The minimum Gasteiger partial charge on any atom is -0.479 e. The van der Waals surface area contributed by atoms with Crippen molar-refractivity contribution >= 4 is 17.7 Å². The van der Waals surface area contributed by atoms with E-state index < -0.39 is 35.8 Å². The van der Waals surface area contributed by atoms with Gasteiger partial charge in [0.1, 0.15) is 17.1 Å². The lowest BCUT2D eigenvalue weighted by Crippen LogP contribution is -2.22. The Morgan fingerprint density at radius 3 is 1.89 bits per heavy atom. The third-order valence-corrected chi connectivity index (χ3v) is 4.08. The van der Waals surface area contributed by atoms with E-state index in [0.29, 0.717) is 28.8 Å². The topological polar surface area (TPSA) is 59.4 Å². The average molecular weight is 411 g/mol. The zero-order valence-electron chi connectivity index (χ0n) is 13.4. The van der Waals surface area contributed by atoms with Crippen LogP contribution in [0.5, 0.6) is 5.75 Å². The van der Waals surface area contributed by atoms with Crippen molar-refractivity contribution in [3.8, 4) is 5.75 Å². The van der Waals surface area contributed by atoms with Gasteiger partial charge in [0.05, 0.1) is 0 Å². The number of alkyl halides is 6. The van der Waals surface area contributed by atoms with Gasteiger partial charge in [0.2, 0.25) is 0 Å². The number of aliphatic carboxylic acids is 1. The average Bonchev–Trinajstić information content (AvgIpc) is 2.54. The summed E-state index contributed by atoms with van der Waals surface area (Å²) < 4.78 is 82.0. The summed E-state index contributed by atoms with van der Waals surface area (Å²) in [5.41, 5.74) is -3.29. The van der Waals surface area contributed by atoms with Crippen molar-refractivity contribution in [2.24, 2.45) is 0 Å². The number of benzene rings is 1. The highest BCUT2D eigenvalue weighted by Crippen LogP contribution is 2.38. The first-order valence-electron chi connectivity index (χ1n) is 7.20. The number of halogens is 6. The van der Waals surface area contributed by atoms with Crippen LogP contribution in [0.2, 0.25) is 0 Å². The molecular formula is C16H11F6NO3S.